The lowest BCUT2D eigenvalue weighted by molar-refractivity contribution is -0.127. The number of aliphatic hydroxyl groups is 4. The van der Waals surface area contributed by atoms with E-state index >= 15 is 0 Å². The van der Waals surface area contributed by atoms with Gasteiger partial charge in [-0.1, -0.05) is 0 Å². The summed E-state index contributed by atoms with van der Waals surface area (Å²) in [5.41, 5.74) is 0. The Hall–Kier alpha value is -0.230. The second kappa shape index (κ2) is 8.84. The Morgan fingerprint density at radius 3 is 1.53 bits per heavy atom. The van der Waals surface area contributed by atoms with Crippen molar-refractivity contribution in [2.24, 2.45) is 0 Å². The van der Waals surface area contributed by atoms with Crippen molar-refractivity contribution in [1.29, 1.82) is 0 Å². The number of carbonyl (C=O) groups excluding carboxylic acids is 1. The molecule has 3 atom stereocenters. The number of aliphatic hydroxyl groups excluding tert-OH is 4. The average molecular weight is 328 g/mol. The normalized spacial score (nSPS) is 16.8. The maximum absolute atomic E-state index is 9.76. The third-order valence-corrected chi connectivity index (χ3v) is 2.99. The molecule has 0 radical (unpaired) electrons. The van der Waals surface area contributed by atoms with Gasteiger partial charge in [0.2, 0.25) is 0 Å². The van der Waals surface area contributed by atoms with E-state index in [1.54, 1.807) is 0 Å². The highest BCUT2D eigenvalue weighted by atomic mass is 31.3. The van der Waals surface area contributed by atoms with Crippen LogP contribution in [0.25, 0.3) is 0 Å². The van der Waals surface area contributed by atoms with Crippen LogP contribution >= 0.6 is 15.6 Å². The molecule has 0 aliphatic carbocycles. The molecular formula is C5H14O12P2. The molecule has 0 saturated heterocycles. The van der Waals surface area contributed by atoms with Crippen LogP contribution in [0.5, 0.6) is 0 Å². The van der Waals surface area contributed by atoms with Gasteiger partial charge in [-0.25, -0.2) is 9.13 Å². The van der Waals surface area contributed by atoms with Gasteiger partial charge >= 0.3 is 15.6 Å². The van der Waals surface area contributed by atoms with Crippen LogP contribution in [0.4, 0.5) is 0 Å². The van der Waals surface area contributed by atoms with Crippen molar-refractivity contribution < 1.29 is 58.2 Å². The number of rotatable bonds is 6. The van der Waals surface area contributed by atoms with E-state index in [4.69, 9.17) is 40.0 Å². The number of hydrogen-bond donors (Lipinski definition) is 8. The minimum Gasteiger partial charge on any atom is -0.394 e. The lowest BCUT2D eigenvalue weighted by Gasteiger charge is -2.16. The molecule has 12 nitrogen and oxygen atoms in total. The second-order valence-electron chi connectivity index (χ2n) is 2.93. The Morgan fingerprint density at radius 1 is 1.00 bits per heavy atom. The number of phosphoric acid groups is 2. The smallest absolute Gasteiger partial charge is 0.394 e. The van der Waals surface area contributed by atoms with E-state index < -0.39 is 40.6 Å². The summed E-state index contributed by atoms with van der Waals surface area (Å²) >= 11 is 0. The Kier molecular flexibility index (Phi) is 9.81. The maximum Gasteiger partial charge on any atom is 0.478 e. The van der Waals surface area contributed by atoms with Gasteiger partial charge in [-0.3, -0.25) is 0 Å². The summed E-state index contributed by atoms with van der Waals surface area (Å²) in [6, 6.07) is 0. The van der Waals surface area contributed by atoms with E-state index in [1.807, 2.05) is 0 Å². The molecule has 0 aromatic rings. The van der Waals surface area contributed by atoms with Gasteiger partial charge in [0.25, 0.3) is 0 Å². The SMILES string of the molecule is O=C[C@H](O)[C@H](O)[C@H](O)CO.O=P(O)(O)OP(=O)(O)O. The molecule has 0 rings (SSSR count). The van der Waals surface area contributed by atoms with Gasteiger partial charge in [0.15, 0.2) is 6.29 Å². The molecule has 0 bridgehead atoms. The van der Waals surface area contributed by atoms with E-state index in [9.17, 15) is 13.9 Å². The highest BCUT2D eigenvalue weighted by molar-refractivity contribution is 7.60. The number of carbonyl (C=O) groups is 1. The van der Waals surface area contributed by atoms with Crippen LogP contribution in [-0.2, 0) is 18.2 Å². The third-order valence-electron chi connectivity index (χ3n) is 1.28. The molecule has 0 aromatic carbocycles. The molecule has 0 spiro atoms. The van der Waals surface area contributed by atoms with Gasteiger partial charge in [0, 0.05) is 0 Å². The van der Waals surface area contributed by atoms with Gasteiger partial charge in [0.05, 0.1) is 6.61 Å². The first-order valence-corrected chi connectivity index (χ1v) is 7.33. The van der Waals surface area contributed by atoms with E-state index in [2.05, 4.69) is 4.31 Å². The summed E-state index contributed by atoms with van der Waals surface area (Å²) in [4.78, 5) is 40.8. The lowest BCUT2D eigenvalue weighted by atomic mass is 10.1. The topological polar surface area (TPSA) is 222 Å². The minimum absolute atomic E-state index is 0.0869. The first kappa shape index (κ1) is 21.1. The fourth-order valence-corrected chi connectivity index (χ4v) is 1.66. The van der Waals surface area contributed by atoms with Crippen molar-refractivity contribution in [1.82, 2.24) is 0 Å². The summed E-state index contributed by atoms with van der Waals surface area (Å²) in [7, 11) is -10.1. The molecule has 116 valence electrons. The average Bonchev–Trinajstić information content (AvgIpc) is 2.21. The van der Waals surface area contributed by atoms with Crippen molar-refractivity contribution in [3.63, 3.8) is 0 Å². The largest absolute Gasteiger partial charge is 0.478 e. The Bertz CT molecular complexity index is 324. The Balaban J connectivity index is 0. The Morgan fingerprint density at radius 2 is 1.37 bits per heavy atom. The minimum atomic E-state index is -5.05. The zero-order valence-corrected chi connectivity index (χ0v) is 10.9. The van der Waals surface area contributed by atoms with Crippen molar-refractivity contribution >= 4 is 21.9 Å². The molecule has 0 fully saturated rings. The second-order valence-corrected chi connectivity index (χ2v) is 5.55. The summed E-state index contributed by atoms with van der Waals surface area (Å²) in [5, 5.41) is 34.1. The van der Waals surface area contributed by atoms with Crippen LogP contribution in [0.15, 0.2) is 0 Å². The molecule has 14 heteroatoms. The van der Waals surface area contributed by atoms with Gasteiger partial charge in [0.1, 0.15) is 18.3 Å². The predicted molar refractivity (Wildman–Crippen MR) is 56.3 cm³/mol. The molecule has 0 amide bonds. The molecule has 0 heterocycles. The van der Waals surface area contributed by atoms with Crippen molar-refractivity contribution in [3.8, 4) is 0 Å². The van der Waals surface area contributed by atoms with Gasteiger partial charge in [-0.05, 0) is 0 Å². The summed E-state index contributed by atoms with van der Waals surface area (Å²) < 4.78 is 22.2. The molecular weight excluding hydrogens is 314 g/mol. The van der Waals surface area contributed by atoms with E-state index in [1.165, 1.54) is 0 Å². The first-order valence-electron chi connectivity index (χ1n) is 4.27. The highest BCUT2D eigenvalue weighted by Gasteiger charge is 2.28. The molecule has 0 aliphatic rings. The summed E-state index contributed by atoms with van der Waals surface area (Å²) in [6.45, 7) is -0.688. The van der Waals surface area contributed by atoms with Crippen LogP contribution in [-0.4, -0.2) is 71.2 Å². The quantitative estimate of drug-likeness (QED) is 0.175. The molecule has 19 heavy (non-hydrogen) atoms. The molecule has 0 aromatic heterocycles. The molecule has 0 saturated carbocycles. The van der Waals surface area contributed by atoms with Crippen LogP contribution in [0.2, 0.25) is 0 Å². The zero-order valence-electron chi connectivity index (χ0n) is 9.12. The van der Waals surface area contributed by atoms with Gasteiger partial charge in [-0.2, -0.15) is 4.31 Å². The van der Waals surface area contributed by atoms with E-state index in [0.717, 1.165) is 0 Å². The van der Waals surface area contributed by atoms with Crippen molar-refractivity contribution in [2.75, 3.05) is 6.61 Å². The molecule has 0 aliphatic heterocycles. The summed E-state index contributed by atoms with van der Waals surface area (Å²) in [6.07, 6.45) is -4.63. The molecule has 8 N–H and O–H groups in total. The van der Waals surface area contributed by atoms with Crippen molar-refractivity contribution in [3.05, 3.63) is 0 Å². The third kappa shape index (κ3) is 14.0. The fourth-order valence-electron chi connectivity index (χ4n) is 0.555. The standard InChI is InChI=1S/C5H10O5.H4O7P2/c6-1-3(8)5(10)4(9)2-7;1-8(2,3)7-9(4,5)6/h1,3-5,7-10H,2H2;(H2,1,2,3)(H2,4,5,6)/t3-,4+,5-;/m0./s1. The summed E-state index contributed by atoms with van der Waals surface area (Å²) in [5.74, 6) is 0. The number of hydrogen-bond acceptors (Lipinski definition) is 8. The zero-order chi connectivity index (χ0) is 15.9. The maximum atomic E-state index is 9.76. The van der Waals surface area contributed by atoms with Gasteiger partial charge in [-0.15, -0.1) is 0 Å². The van der Waals surface area contributed by atoms with Crippen LogP contribution < -0.4 is 0 Å². The predicted octanol–water partition coefficient (Wildman–Crippen LogP) is -3.55. The fraction of sp³-hybridized carbons (Fsp3) is 0.800. The highest BCUT2D eigenvalue weighted by Crippen LogP contribution is 2.53. The van der Waals surface area contributed by atoms with Crippen LogP contribution in [0, 0.1) is 0 Å². The molecule has 0 unspecified atom stereocenters. The van der Waals surface area contributed by atoms with Crippen LogP contribution in [0.3, 0.4) is 0 Å². The number of aldehydes is 1. The van der Waals surface area contributed by atoms with Crippen LogP contribution in [0.1, 0.15) is 0 Å². The monoisotopic (exact) mass is 328 g/mol. The lowest BCUT2D eigenvalue weighted by Crippen LogP contribution is -2.40. The van der Waals surface area contributed by atoms with Gasteiger partial charge < -0.3 is 44.8 Å². The van der Waals surface area contributed by atoms with E-state index in [-0.39, 0.29) is 6.29 Å². The van der Waals surface area contributed by atoms with Crippen molar-refractivity contribution in [2.45, 2.75) is 18.3 Å². The first-order chi connectivity index (χ1) is 8.34. The van der Waals surface area contributed by atoms with E-state index in [0.29, 0.717) is 0 Å². The Labute approximate surface area is 106 Å².